The summed E-state index contributed by atoms with van der Waals surface area (Å²) in [7, 11) is 0. The summed E-state index contributed by atoms with van der Waals surface area (Å²) in [5.74, 6) is 0. The number of hydrogen-bond acceptors (Lipinski definition) is 2. The summed E-state index contributed by atoms with van der Waals surface area (Å²) in [5, 5.41) is 17.1. The fourth-order valence-electron chi connectivity index (χ4n) is 1.39. The van der Waals surface area contributed by atoms with Gasteiger partial charge in [-0.15, -0.1) is 0 Å². The first-order valence-corrected chi connectivity index (χ1v) is 5.78. The zero-order valence-electron chi connectivity index (χ0n) is 9.12. The molecule has 0 radical (unpaired) electrons. The molecular weight excluding hydrogens is 176 g/mol. The van der Waals surface area contributed by atoms with Gasteiger partial charge in [0.25, 0.3) is 0 Å². The summed E-state index contributed by atoms with van der Waals surface area (Å²) in [4.78, 5) is 0. The summed E-state index contributed by atoms with van der Waals surface area (Å²) >= 11 is 0. The highest BCUT2D eigenvalue weighted by molar-refractivity contribution is 4.80. The van der Waals surface area contributed by atoms with E-state index in [4.69, 9.17) is 10.2 Å². The van der Waals surface area contributed by atoms with E-state index in [0.29, 0.717) is 6.61 Å². The van der Waals surface area contributed by atoms with Crippen molar-refractivity contribution in [2.24, 2.45) is 0 Å². The molecule has 0 aromatic heterocycles. The van der Waals surface area contributed by atoms with E-state index >= 15 is 0 Å². The summed E-state index contributed by atoms with van der Waals surface area (Å²) in [6.07, 6.45) is 13.3. The largest absolute Gasteiger partial charge is 0.396 e. The van der Waals surface area contributed by atoms with Crippen molar-refractivity contribution in [3.63, 3.8) is 0 Å². The zero-order chi connectivity index (χ0) is 10.5. The Morgan fingerprint density at radius 3 is 1.79 bits per heavy atom. The monoisotopic (exact) mass is 200 g/mol. The highest BCUT2D eigenvalue weighted by Crippen LogP contribution is 2.07. The van der Waals surface area contributed by atoms with Gasteiger partial charge in [0, 0.05) is 13.2 Å². The van der Waals surface area contributed by atoms with Crippen LogP contribution >= 0.6 is 0 Å². The van der Waals surface area contributed by atoms with Gasteiger partial charge in [0.1, 0.15) is 0 Å². The fraction of sp³-hybridized carbons (Fsp3) is 0.833. The predicted molar refractivity (Wildman–Crippen MR) is 60.2 cm³/mol. The second-order valence-electron chi connectivity index (χ2n) is 3.62. The molecule has 84 valence electrons. The van der Waals surface area contributed by atoms with E-state index in [1.807, 2.05) is 6.08 Å². The average Bonchev–Trinajstić information content (AvgIpc) is 2.21. The summed E-state index contributed by atoms with van der Waals surface area (Å²) in [5.41, 5.74) is 0. The third-order valence-corrected chi connectivity index (χ3v) is 2.24. The minimum Gasteiger partial charge on any atom is -0.396 e. The zero-order valence-corrected chi connectivity index (χ0v) is 9.12. The molecule has 0 aromatic rings. The molecule has 0 aromatic carbocycles. The third-order valence-electron chi connectivity index (χ3n) is 2.24. The molecule has 0 amide bonds. The lowest BCUT2D eigenvalue weighted by molar-refractivity contribution is 0.282. The minimum absolute atomic E-state index is 0.262. The van der Waals surface area contributed by atoms with Gasteiger partial charge in [-0.25, -0.2) is 0 Å². The molecule has 0 rings (SSSR count). The van der Waals surface area contributed by atoms with Crippen LogP contribution in [0.4, 0.5) is 0 Å². The molecular formula is C12H24O2. The number of hydrogen-bond donors (Lipinski definition) is 2. The van der Waals surface area contributed by atoms with Gasteiger partial charge in [-0.1, -0.05) is 37.8 Å². The highest BCUT2D eigenvalue weighted by atomic mass is 16.3. The standard InChI is InChI=1S/C12H24O2/c13-11-9-7-5-3-1-2-4-6-8-10-12-14/h5,7,13-14H,1-4,6,8-12H2. The Balaban J connectivity index is 2.91. The first kappa shape index (κ1) is 13.7. The molecule has 0 aliphatic rings. The van der Waals surface area contributed by atoms with Gasteiger partial charge < -0.3 is 10.2 Å². The number of unbranched alkanes of at least 4 members (excludes halogenated alkanes) is 6. The van der Waals surface area contributed by atoms with Gasteiger partial charge in [-0.3, -0.25) is 0 Å². The second-order valence-corrected chi connectivity index (χ2v) is 3.62. The van der Waals surface area contributed by atoms with Crippen molar-refractivity contribution >= 4 is 0 Å². The molecule has 0 aliphatic carbocycles. The van der Waals surface area contributed by atoms with Crippen LogP contribution < -0.4 is 0 Å². The molecule has 0 atom stereocenters. The molecule has 0 saturated carbocycles. The van der Waals surface area contributed by atoms with Crippen molar-refractivity contribution in [1.29, 1.82) is 0 Å². The van der Waals surface area contributed by atoms with Crippen LogP contribution in [0.2, 0.25) is 0 Å². The Morgan fingerprint density at radius 2 is 1.14 bits per heavy atom. The molecule has 2 nitrogen and oxygen atoms in total. The Labute approximate surface area is 87.7 Å². The number of aliphatic hydroxyl groups excluding tert-OH is 2. The Kier molecular flexibility index (Phi) is 12.4. The quantitative estimate of drug-likeness (QED) is 0.420. The Bertz CT molecular complexity index is 121. The molecule has 0 bridgehead atoms. The van der Waals surface area contributed by atoms with Crippen LogP contribution in [0.25, 0.3) is 0 Å². The topological polar surface area (TPSA) is 40.5 Å². The van der Waals surface area contributed by atoms with Crippen molar-refractivity contribution in [2.75, 3.05) is 13.2 Å². The first-order chi connectivity index (χ1) is 6.91. The summed E-state index contributed by atoms with van der Waals surface area (Å²) < 4.78 is 0. The molecule has 2 heteroatoms. The van der Waals surface area contributed by atoms with E-state index in [0.717, 1.165) is 25.7 Å². The van der Waals surface area contributed by atoms with E-state index in [1.54, 1.807) is 0 Å². The van der Waals surface area contributed by atoms with Gasteiger partial charge in [0.2, 0.25) is 0 Å². The first-order valence-electron chi connectivity index (χ1n) is 5.78. The normalized spacial score (nSPS) is 11.3. The predicted octanol–water partition coefficient (Wildman–Crippen LogP) is 2.65. The average molecular weight is 200 g/mol. The van der Waals surface area contributed by atoms with E-state index < -0.39 is 0 Å². The van der Waals surface area contributed by atoms with Gasteiger partial charge in [0.05, 0.1) is 0 Å². The Morgan fingerprint density at radius 1 is 0.571 bits per heavy atom. The van der Waals surface area contributed by atoms with Gasteiger partial charge in [-0.05, 0) is 25.7 Å². The van der Waals surface area contributed by atoms with Crippen molar-refractivity contribution in [1.82, 2.24) is 0 Å². The minimum atomic E-state index is 0.262. The number of rotatable bonds is 10. The van der Waals surface area contributed by atoms with Crippen LogP contribution in [0.1, 0.15) is 51.4 Å². The molecule has 0 heterocycles. The van der Waals surface area contributed by atoms with Crippen LogP contribution in [-0.4, -0.2) is 23.4 Å². The summed E-state index contributed by atoms with van der Waals surface area (Å²) in [6.45, 7) is 0.599. The van der Waals surface area contributed by atoms with Crippen molar-refractivity contribution in [2.45, 2.75) is 51.4 Å². The van der Waals surface area contributed by atoms with E-state index in [1.165, 1.54) is 25.7 Å². The summed E-state index contributed by atoms with van der Waals surface area (Å²) in [6, 6.07) is 0. The smallest absolute Gasteiger partial charge is 0.0465 e. The molecule has 0 unspecified atom stereocenters. The third kappa shape index (κ3) is 11.7. The van der Waals surface area contributed by atoms with E-state index in [-0.39, 0.29) is 6.61 Å². The molecule has 0 saturated heterocycles. The molecule has 14 heavy (non-hydrogen) atoms. The van der Waals surface area contributed by atoms with Crippen molar-refractivity contribution in [3.05, 3.63) is 12.2 Å². The molecule has 0 fully saturated rings. The van der Waals surface area contributed by atoms with E-state index in [9.17, 15) is 0 Å². The van der Waals surface area contributed by atoms with E-state index in [2.05, 4.69) is 6.08 Å². The molecule has 0 spiro atoms. The maximum atomic E-state index is 8.56. The SMILES string of the molecule is OCCC=CCCCCCCCCO. The molecule has 0 aliphatic heterocycles. The van der Waals surface area contributed by atoms with Crippen LogP contribution in [-0.2, 0) is 0 Å². The van der Waals surface area contributed by atoms with Crippen LogP contribution in [0, 0.1) is 0 Å². The van der Waals surface area contributed by atoms with Crippen molar-refractivity contribution in [3.8, 4) is 0 Å². The van der Waals surface area contributed by atoms with Crippen LogP contribution in [0.3, 0.4) is 0 Å². The lowest BCUT2D eigenvalue weighted by Gasteiger charge is -1.98. The van der Waals surface area contributed by atoms with Crippen LogP contribution in [0.5, 0.6) is 0 Å². The van der Waals surface area contributed by atoms with Gasteiger partial charge >= 0.3 is 0 Å². The lowest BCUT2D eigenvalue weighted by atomic mass is 10.1. The Hall–Kier alpha value is -0.340. The van der Waals surface area contributed by atoms with Crippen LogP contribution in [0.15, 0.2) is 12.2 Å². The fourth-order valence-corrected chi connectivity index (χ4v) is 1.39. The van der Waals surface area contributed by atoms with Gasteiger partial charge in [-0.2, -0.15) is 0 Å². The highest BCUT2D eigenvalue weighted by Gasteiger charge is 1.89. The maximum Gasteiger partial charge on any atom is 0.0465 e. The number of aliphatic hydroxyl groups is 2. The maximum absolute atomic E-state index is 8.56. The number of allylic oxidation sites excluding steroid dienone is 1. The second kappa shape index (κ2) is 12.7. The lowest BCUT2D eigenvalue weighted by Crippen LogP contribution is -1.83. The molecule has 2 N–H and O–H groups in total. The van der Waals surface area contributed by atoms with Crippen molar-refractivity contribution < 1.29 is 10.2 Å². The van der Waals surface area contributed by atoms with Gasteiger partial charge in [0.15, 0.2) is 0 Å².